The van der Waals surface area contributed by atoms with Gasteiger partial charge in [-0.25, -0.2) is 0 Å². The van der Waals surface area contributed by atoms with Gasteiger partial charge in [0.15, 0.2) is 12.4 Å². The number of nitrogens with zero attached hydrogens (tertiary/aromatic N) is 1. The van der Waals surface area contributed by atoms with Crippen LogP contribution in [0.3, 0.4) is 0 Å². The smallest absolute Gasteiger partial charge is 0.306 e. The zero-order valence-corrected chi connectivity index (χ0v) is 47.9. The largest absolute Gasteiger partial charge is 0.545 e. The summed E-state index contributed by atoms with van der Waals surface area (Å²) in [5.74, 6) is -2.37. The molecule has 0 aliphatic carbocycles. The predicted molar refractivity (Wildman–Crippen MR) is 315 cm³/mol. The van der Waals surface area contributed by atoms with Gasteiger partial charge in [-0.3, -0.25) is 9.59 Å². The van der Waals surface area contributed by atoms with E-state index in [-0.39, 0.29) is 38.6 Å². The van der Waals surface area contributed by atoms with Crippen LogP contribution in [0.15, 0.2) is 146 Å². The van der Waals surface area contributed by atoms with Crippen LogP contribution in [0, 0.1) is 0 Å². The Morgan fingerprint density at radius 3 is 1.09 bits per heavy atom. The molecule has 0 N–H and O–H groups in total. The maximum Gasteiger partial charge on any atom is 0.306 e. The van der Waals surface area contributed by atoms with Gasteiger partial charge in [-0.2, -0.15) is 0 Å². The van der Waals surface area contributed by atoms with E-state index in [4.69, 9.17) is 18.9 Å². The average Bonchev–Trinajstić information content (AvgIpc) is 3.38. The third kappa shape index (κ3) is 56.7. The molecule has 0 spiro atoms. The number of ether oxygens (including phenoxy) is 4. The van der Waals surface area contributed by atoms with Crippen LogP contribution in [-0.2, 0) is 33.3 Å². The third-order valence-corrected chi connectivity index (χ3v) is 11.6. The molecular formula is C66H105NO8. The second-order valence-corrected chi connectivity index (χ2v) is 19.8. The number of likely N-dealkylation sites (N-methyl/N-ethyl adjacent to an activating group) is 1. The van der Waals surface area contributed by atoms with Crippen molar-refractivity contribution < 1.29 is 42.9 Å². The summed E-state index contributed by atoms with van der Waals surface area (Å²) in [6.45, 7) is 4.44. The van der Waals surface area contributed by atoms with Gasteiger partial charge >= 0.3 is 11.9 Å². The molecule has 0 fully saturated rings. The number of unbranched alkanes of at least 4 members (excludes halogenated alkanes) is 12. The molecule has 0 aromatic heterocycles. The van der Waals surface area contributed by atoms with Crippen LogP contribution in [0.1, 0.15) is 194 Å². The normalized spacial score (nSPS) is 13.9. The van der Waals surface area contributed by atoms with Gasteiger partial charge in [0.1, 0.15) is 13.2 Å². The summed E-state index contributed by atoms with van der Waals surface area (Å²) in [6.07, 6.45) is 77.5. The lowest BCUT2D eigenvalue weighted by Crippen LogP contribution is -2.44. The number of carbonyl (C=O) groups is 3. The quantitative estimate of drug-likeness (QED) is 0.0195. The van der Waals surface area contributed by atoms with Gasteiger partial charge in [-0.05, 0) is 116 Å². The number of carboxylic acid groups (broad SMARTS) is 1. The number of aliphatic carboxylic acids is 1. The summed E-state index contributed by atoms with van der Waals surface area (Å²) in [5, 5.41) is 11.8. The van der Waals surface area contributed by atoms with E-state index in [1.807, 2.05) is 21.1 Å². The lowest BCUT2D eigenvalue weighted by atomic mass is 10.1. The fraction of sp³-hybridized carbons (Fsp3) is 0.591. The van der Waals surface area contributed by atoms with Crippen LogP contribution in [0.2, 0.25) is 0 Å². The minimum absolute atomic E-state index is 0.129. The standard InChI is InChI=1S/C66H105NO8/c1-6-8-10-12-14-16-18-20-22-24-26-28-30-31-32-33-35-37-39-41-43-45-47-49-51-53-55-57-64(69)75-62(61-74-66(65(70)71)72-59-58-67(3,4)5)60-73-63(68)56-54-52-50-48-46-44-42-40-38-36-34-29-27-25-23-21-19-17-15-13-11-9-7-2/h8-11,14-17,20-23,26-29,31-32,35,37,41,43,47,49,62,66H,6-7,12-13,18-19,24-25,30,33-34,36,38-40,42,44-46,48,50-61H2,1-5H3/b10-8-,11-9-,16-14-,17-15-,22-20-,23-21-,28-26-,29-27-,32-31-,37-35-,43-41-,49-47-. The first kappa shape index (κ1) is 70.2. The minimum atomic E-state index is -1.65. The van der Waals surface area contributed by atoms with Gasteiger partial charge in [0.05, 0.1) is 40.3 Å². The van der Waals surface area contributed by atoms with E-state index in [9.17, 15) is 19.5 Å². The van der Waals surface area contributed by atoms with Crippen molar-refractivity contribution in [1.29, 1.82) is 0 Å². The molecule has 0 aliphatic heterocycles. The molecule has 0 saturated carbocycles. The highest BCUT2D eigenvalue weighted by molar-refractivity contribution is 5.70. The molecule has 9 nitrogen and oxygen atoms in total. The van der Waals surface area contributed by atoms with E-state index in [0.717, 1.165) is 122 Å². The van der Waals surface area contributed by atoms with Gasteiger partial charge < -0.3 is 33.3 Å². The average molecular weight is 1040 g/mol. The minimum Gasteiger partial charge on any atom is -0.545 e. The number of esters is 2. The zero-order valence-electron chi connectivity index (χ0n) is 47.9. The van der Waals surface area contributed by atoms with Gasteiger partial charge in [-0.1, -0.05) is 211 Å². The van der Waals surface area contributed by atoms with Gasteiger partial charge in [-0.15, -0.1) is 0 Å². The first-order chi connectivity index (χ1) is 36.6. The summed E-state index contributed by atoms with van der Waals surface area (Å²) < 4.78 is 22.6. The molecule has 0 heterocycles. The molecule has 9 heteroatoms. The topological polar surface area (TPSA) is 111 Å². The van der Waals surface area contributed by atoms with E-state index in [2.05, 4.69) is 160 Å². The van der Waals surface area contributed by atoms with Crippen molar-refractivity contribution in [2.75, 3.05) is 47.5 Å². The summed E-state index contributed by atoms with van der Waals surface area (Å²) in [7, 11) is 5.89. The Morgan fingerprint density at radius 1 is 0.400 bits per heavy atom. The number of rotatable bonds is 51. The molecule has 0 saturated heterocycles. The predicted octanol–water partition coefficient (Wildman–Crippen LogP) is 15.9. The number of carbonyl (C=O) groups excluding carboxylic acids is 3. The second-order valence-electron chi connectivity index (χ2n) is 19.8. The molecule has 0 amide bonds. The molecule has 0 aromatic rings. The Kier molecular flexibility index (Phi) is 51.8. The molecule has 2 unspecified atom stereocenters. The highest BCUT2D eigenvalue weighted by Gasteiger charge is 2.22. The van der Waals surface area contributed by atoms with Crippen molar-refractivity contribution >= 4 is 17.9 Å². The van der Waals surface area contributed by atoms with Crippen molar-refractivity contribution in [1.82, 2.24) is 0 Å². The van der Waals surface area contributed by atoms with E-state index in [1.54, 1.807) is 0 Å². The van der Waals surface area contributed by atoms with Crippen LogP contribution in [0.5, 0.6) is 0 Å². The van der Waals surface area contributed by atoms with Crippen molar-refractivity contribution in [3.63, 3.8) is 0 Å². The highest BCUT2D eigenvalue weighted by atomic mass is 16.7. The van der Waals surface area contributed by atoms with Crippen LogP contribution >= 0.6 is 0 Å². The van der Waals surface area contributed by atoms with E-state index in [0.29, 0.717) is 17.4 Å². The maximum absolute atomic E-state index is 12.9. The Morgan fingerprint density at radius 2 is 0.720 bits per heavy atom. The number of allylic oxidation sites excluding steroid dienone is 24. The molecule has 0 aromatic carbocycles. The van der Waals surface area contributed by atoms with Crippen molar-refractivity contribution in [2.45, 2.75) is 206 Å². The zero-order chi connectivity index (χ0) is 54.8. The number of carboxylic acids is 1. The fourth-order valence-corrected chi connectivity index (χ4v) is 7.19. The third-order valence-electron chi connectivity index (χ3n) is 11.6. The number of hydrogen-bond acceptors (Lipinski definition) is 8. The highest BCUT2D eigenvalue weighted by Crippen LogP contribution is 2.14. The maximum atomic E-state index is 12.9. The monoisotopic (exact) mass is 1040 g/mol. The second kappa shape index (κ2) is 55.4. The molecule has 75 heavy (non-hydrogen) atoms. The first-order valence-corrected chi connectivity index (χ1v) is 29.0. The molecule has 0 radical (unpaired) electrons. The first-order valence-electron chi connectivity index (χ1n) is 29.0. The van der Waals surface area contributed by atoms with Crippen molar-refractivity contribution in [3.8, 4) is 0 Å². The molecule has 0 rings (SSSR count). The Balaban J connectivity index is 4.40. The van der Waals surface area contributed by atoms with Crippen LogP contribution in [0.25, 0.3) is 0 Å². The molecule has 0 bridgehead atoms. The summed E-state index contributed by atoms with van der Waals surface area (Å²) in [5.41, 5.74) is 0. The fourth-order valence-electron chi connectivity index (χ4n) is 7.19. The number of hydrogen-bond donors (Lipinski definition) is 0. The van der Waals surface area contributed by atoms with E-state index < -0.39 is 24.3 Å². The van der Waals surface area contributed by atoms with Gasteiger partial charge in [0.25, 0.3) is 0 Å². The lowest BCUT2D eigenvalue weighted by molar-refractivity contribution is -0.870. The van der Waals surface area contributed by atoms with Crippen LogP contribution in [0.4, 0.5) is 0 Å². The Bertz CT molecular complexity index is 1730. The summed E-state index contributed by atoms with van der Waals surface area (Å²) >= 11 is 0. The van der Waals surface area contributed by atoms with Crippen LogP contribution in [-0.4, -0.2) is 82.3 Å². The lowest BCUT2D eigenvalue weighted by Gasteiger charge is -2.26. The van der Waals surface area contributed by atoms with Crippen molar-refractivity contribution in [2.24, 2.45) is 0 Å². The molecular weight excluding hydrogens is 935 g/mol. The van der Waals surface area contributed by atoms with Crippen LogP contribution < -0.4 is 5.11 Å². The summed E-state index contributed by atoms with van der Waals surface area (Å²) in [6, 6.07) is 0. The van der Waals surface area contributed by atoms with Gasteiger partial charge in [0.2, 0.25) is 0 Å². The molecule has 0 aliphatic rings. The molecule has 422 valence electrons. The van der Waals surface area contributed by atoms with E-state index >= 15 is 0 Å². The van der Waals surface area contributed by atoms with Crippen molar-refractivity contribution in [3.05, 3.63) is 146 Å². The Hall–Kier alpha value is -4.83. The summed E-state index contributed by atoms with van der Waals surface area (Å²) in [4.78, 5) is 37.3. The SMILES string of the molecule is CC/C=C\C/C=C\C/C=C\C/C=C\C/C=C\C/C=C\C/C=C\C/C=C\CCCCC(=O)OC(COC(=O)CCCCCCCCCCCC/C=C\C/C=C\C/C=C\C/C=C\CC)COC(OCC[N+](C)(C)C)C(=O)[O-]. The Labute approximate surface area is 458 Å². The van der Waals surface area contributed by atoms with Gasteiger partial charge in [0, 0.05) is 12.8 Å². The molecule has 2 atom stereocenters. The van der Waals surface area contributed by atoms with E-state index in [1.165, 1.54) is 38.5 Å². The number of quaternary nitrogens is 1.